The van der Waals surface area contributed by atoms with Gasteiger partial charge in [0.1, 0.15) is 11.9 Å². The molecule has 0 amide bonds. The van der Waals surface area contributed by atoms with E-state index in [0.29, 0.717) is 5.92 Å². The van der Waals surface area contributed by atoms with Crippen molar-refractivity contribution >= 4 is 0 Å². The van der Waals surface area contributed by atoms with Crippen molar-refractivity contribution in [1.29, 1.82) is 0 Å². The van der Waals surface area contributed by atoms with Crippen LogP contribution < -0.4 is 9.47 Å². The van der Waals surface area contributed by atoms with Crippen LogP contribution in [0.4, 0.5) is 0 Å². The zero-order valence-corrected chi connectivity index (χ0v) is 14.1. The minimum Gasteiger partial charge on any atom is -0.493 e. The van der Waals surface area contributed by atoms with Gasteiger partial charge in [0.15, 0.2) is 11.5 Å². The summed E-state index contributed by atoms with van der Waals surface area (Å²) in [6.45, 7) is 2.91. The van der Waals surface area contributed by atoms with Crippen LogP contribution in [0, 0.1) is 0 Å². The Morgan fingerprint density at radius 3 is 2.58 bits per heavy atom. The third kappa shape index (κ3) is 3.56. The summed E-state index contributed by atoms with van der Waals surface area (Å²) in [5.41, 5.74) is 1.06. The topological polar surface area (TPSA) is 47.7 Å². The lowest BCUT2D eigenvalue weighted by Crippen LogP contribution is -2.37. The SMILES string of the molecule is COc1ccccc1OC1CCN(Cc2cc(C3CC3)on2)CC1. The third-order valence-corrected chi connectivity index (χ3v) is 4.84. The van der Waals surface area contributed by atoms with Gasteiger partial charge in [0, 0.05) is 31.6 Å². The van der Waals surface area contributed by atoms with Gasteiger partial charge in [-0.05, 0) is 37.8 Å². The van der Waals surface area contributed by atoms with Gasteiger partial charge < -0.3 is 14.0 Å². The van der Waals surface area contributed by atoms with Crippen LogP contribution in [0.2, 0.25) is 0 Å². The van der Waals surface area contributed by atoms with Crippen LogP contribution in [0.5, 0.6) is 11.5 Å². The van der Waals surface area contributed by atoms with Gasteiger partial charge in [0.2, 0.25) is 0 Å². The van der Waals surface area contributed by atoms with Crippen LogP contribution in [0.3, 0.4) is 0 Å². The zero-order valence-electron chi connectivity index (χ0n) is 14.1. The number of aromatic nitrogens is 1. The third-order valence-electron chi connectivity index (χ3n) is 4.84. The van der Waals surface area contributed by atoms with E-state index >= 15 is 0 Å². The van der Waals surface area contributed by atoms with E-state index < -0.39 is 0 Å². The van der Waals surface area contributed by atoms with Gasteiger partial charge >= 0.3 is 0 Å². The van der Waals surface area contributed by atoms with Gasteiger partial charge in [0.25, 0.3) is 0 Å². The average molecular weight is 328 g/mol. The van der Waals surface area contributed by atoms with Gasteiger partial charge in [0.05, 0.1) is 12.8 Å². The maximum atomic E-state index is 6.13. The predicted molar refractivity (Wildman–Crippen MR) is 90.4 cm³/mol. The fraction of sp³-hybridized carbons (Fsp3) is 0.526. The van der Waals surface area contributed by atoms with Crippen LogP contribution >= 0.6 is 0 Å². The number of likely N-dealkylation sites (tertiary alicyclic amines) is 1. The van der Waals surface area contributed by atoms with E-state index in [2.05, 4.69) is 16.1 Å². The highest BCUT2D eigenvalue weighted by Gasteiger charge is 2.28. The Morgan fingerprint density at radius 1 is 1.12 bits per heavy atom. The summed E-state index contributed by atoms with van der Waals surface area (Å²) in [4.78, 5) is 2.43. The molecule has 1 saturated heterocycles. The second-order valence-electron chi connectivity index (χ2n) is 6.74. The number of ether oxygens (including phenoxy) is 2. The Bertz CT molecular complexity index is 673. The summed E-state index contributed by atoms with van der Waals surface area (Å²) < 4.78 is 16.9. The maximum absolute atomic E-state index is 6.13. The molecule has 0 N–H and O–H groups in total. The van der Waals surface area contributed by atoms with E-state index in [0.717, 1.165) is 55.4 Å². The first-order valence-electron chi connectivity index (χ1n) is 8.79. The minimum atomic E-state index is 0.247. The number of methoxy groups -OCH3 is 1. The lowest BCUT2D eigenvalue weighted by atomic mass is 10.1. The first kappa shape index (κ1) is 15.5. The van der Waals surface area contributed by atoms with Crippen LogP contribution in [0.25, 0.3) is 0 Å². The Morgan fingerprint density at radius 2 is 1.88 bits per heavy atom. The van der Waals surface area contributed by atoms with E-state index in [1.165, 1.54) is 12.8 Å². The molecule has 5 heteroatoms. The van der Waals surface area contributed by atoms with Crippen molar-refractivity contribution in [3.63, 3.8) is 0 Å². The molecule has 1 aromatic heterocycles. The van der Waals surface area contributed by atoms with E-state index in [4.69, 9.17) is 14.0 Å². The summed E-state index contributed by atoms with van der Waals surface area (Å²) in [6, 6.07) is 9.98. The molecule has 2 fully saturated rings. The molecule has 4 rings (SSSR count). The van der Waals surface area contributed by atoms with Crippen molar-refractivity contribution < 1.29 is 14.0 Å². The number of piperidine rings is 1. The fourth-order valence-electron chi connectivity index (χ4n) is 3.27. The molecule has 1 aliphatic heterocycles. The van der Waals surface area contributed by atoms with Crippen molar-refractivity contribution in [2.75, 3.05) is 20.2 Å². The molecule has 0 bridgehead atoms. The normalized spacial score (nSPS) is 19.4. The summed E-state index contributed by atoms with van der Waals surface area (Å²) >= 11 is 0. The molecule has 1 aromatic carbocycles. The minimum absolute atomic E-state index is 0.247. The van der Waals surface area contributed by atoms with Gasteiger partial charge in [-0.15, -0.1) is 0 Å². The van der Waals surface area contributed by atoms with Crippen molar-refractivity contribution in [1.82, 2.24) is 10.1 Å². The molecule has 0 unspecified atom stereocenters. The Balaban J connectivity index is 1.28. The van der Waals surface area contributed by atoms with E-state index in [1.807, 2.05) is 24.3 Å². The lowest BCUT2D eigenvalue weighted by molar-refractivity contribution is 0.0931. The molecule has 128 valence electrons. The first-order chi connectivity index (χ1) is 11.8. The van der Waals surface area contributed by atoms with Crippen molar-refractivity contribution in [3.05, 3.63) is 41.8 Å². The number of benzene rings is 1. The van der Waals surface area contributed by atoms with E-state index in [1.54, 1.807) is 7.11 Å². The van der Waals surface area contributed by atoms with Crippen LogP contribution in [0.15, 0.2) is 34.9 Å². The Kier molecular flexibility index (Phi) is 4.43. The zero-order chi connectivity index (χ0) is 16.4. The van der Waals surface area contributed by atoms with Gasteiger partial charge in [-0.3, -0.25) is 4.90 Å². The molecule has 1 saturated carbocycles. The molecule has 24 heavy (non-hydrogen) atoms. The molecule has 0 atom stereocenters. The van der Waals surface area contributed by atoms with Gasteiger partial charge in [-0.2, -0.15) is 0 Å². The highest BCUT2D eigenvalue weighted by molar-refractivity contribution is 5.39. The first-order valence-corrected chi connectivity index (χ1v) is 8.79. The standard InChI is InChI=1S/C19H24N2O3/c1-22-17-4-2-3-5-18(17)23-16-8-10-21(11-9-16)13-15-12-19(24-20-15)14-6-7-14/h2-5,12,14,16H,6-11,13H2,1H3. The second kappa shape index (κ2) is 6.85. The fourth-order valence-corrected chi connectivity index (χ4v) is 3.27. The lowest BCUT2D eigenvalue weighted by Gasteiger charge is -2.31. The van der Waals surface area contributed by atoms with Gasteiger partial charge in [-0.1, -0.05) is 17.3 Å². The van der Waals surface area contributed by atoms with Gasteiger partial charge in [-0.25, -0.2) is 0 Å². The smallest absolute Gasteiger partial charge is 0.161 e. The quantitative estimate of drug-likeness (QED) is 0.811. The molecule has 1 aliphatic carbocycles. The average Bonchev–Trinajstić information content (AvgIpc) is 3.37. The number of para-hydroxylation sites is 2. The highest BCUT2D eigenvalue weighted by atomic mass is 16.5. The van der Waals surface area contributed by atoms with Crippen LogP contribution in [0.1, 0.15) is 43.1 Å². The number of hydrogen-bond acceptors (Lipinski definition) is 5. The second-order valence-corrected chi connectivity index (χ2v) is 6.74. The Labute approximate surface area is 142 Å². The maximum Gasteiger partial charge on any atom is 0.161 e. The summed E-state index contributed by atoms with van der Waals surface area (Å²) in [7, 11) is 1.68. The van der Waals surface area contributed by atoms with Crippen LogP contribution in [-0.4, -0.2) is 36.4 Å². The summed E-state index contributed by atoms with van der Waals surface area (Å²) in [6.07, 6.45) is 4.79. The Hall–Kier alpha value is -2.01. The number of hydrogen-bond donors (Lipinski definition) is 0. The van der Waals surface area contributed by atoms with E-state index in [9.17, 15) is 0 Å². The molecule has 2 heterocycles. The molecule has 2 aliphatic rings. The highest BCUT2D eigenvalue weighted by Crippen LogP contribution is 2.40. The van der Waals surface area contributed by atoms with Crippen molar-refractivity contribution in [3.8, 4) is 11.5 Å². The molecule has 2 aromatic rings. The molecular formula is C19H24N2O3. The number of nitrogens with zero attached hydrogens (tertiary/aromatic N) is 2. The van der Waals surface area contributed by atoms with Crippen molar-refractivity contribution in [2.24, 2.45) is 0 Å². The largest absolute Gasteiger partial charge is 0.493 e. The molecule has 0 spiro atoms. The monoisotopic (exact) mass is 328 g/mol. The van der Waals surface area contributed by atoms with E-state index in [-0.39, 0.29) is 6.10 Å². The predicted octanol–water partition coefficient (Wildman–Crippen LogP) is 3.60. The molecular weight excluding hydrogens is 304 g/mol. The number of rotatable bonds is 6. The van der Waals surface area contributed by atoms with Crippen molar-refractivity contribution in [2.45, 2.75) is 44.2 Å². The molecule has 0 radical (unpaired) electrons. The summed E-state index contributed by atoms with van der Waals surface area (Å²) in [5.74, 6) is 3.34. The van der Waals surface area contributed by atoms with Crippen LogP contribution in [-0.2, 0) is 6.54 Å². The molecule has 5 nitrogen and oxygen atoms in total. The summed E-state index contributed by atoms with van der Waals surface area (Å²) in [5, 5.41) is 4.22.